The predicted octanol–water partition coefficient (Wildman–Crippen LogP) is 2.50. The summed E-state index contributed by atoms with van der Waals surface area (Å²) in [6, 6.07) is 8.42. The van der Waals surface area contributed by atoms with Crippen LogP contribution in [0.1, 0.15) is 37.3 Å². The second kappa shape index (κ2) is 7.75. The largest absolute Gasteiger partial charge is 0.392 e. The van der Waals surface area contributed by atoms with Crippen molar-refractivity contribution in [2.24, 2.45) is 5.41 Å². The molecule has 2 atom stereocenters. The molecule has 3 rings (SSSR count). The maximum atomic E-state index is 12.4. The molecule has 2 unspecified atom stereocenters. The maximum absolute atomic E-state index is 12.4. The molecule has 1 heterocycles. The van der Waals surface area contributed by atoms with Gasteiger partial charge in [0.2, 0.25) is 0 Å². The van der Waals surface area contributed by atoms with Crippen LogP contribution in [0.3, 0.4) is 0 Å². The summed E-state index contributed by atoms with van der Waals surface area (Å²) >= 11 is 0. The van der Waals surface area contributed by atoms with Crippen LogP contribution >= 0.6 is 0 Å². The quantitative estimate of drug-likeness (QED) is 0.861. The molecule has 1 aliphatic carbocycles. The Balaban J connectivity index is 1.43. The van der Waals surface area contributed by atoms with Gasteiger partial charge in [0.05, 0.1) is 12.2 Å². The minimum absolute atomic E-state index is 0.00346. The normalized spacial score (nSPS) is 24.8. The van der Waals surface area contributed by atoms with Gasteiger partial charge in [0, 0.05) is 38.1 Å². The zero-order valence-corrected chi connectivity index (χ0v) is 15.3. The lowest BCUT2D eigenvalue weighted by atomic mass is 9.58. The van der Waals surface area contributed by atoms with Gasteiger partial charge < -0.3 is 20.1 Å². The van der Waals surface area contributed by atoms with Gasteiger partial charge in [-0.25, -0.2) is 4.79 Å². The van der Waals surface area contributed by atoms with Crippen LogP contribution in [0.5, 0.6) is 0 Å². The molecule has 138 valence electrons. The fourth-order valence-electron chi connectivity index (χ4n) is 4.12. The number of carbonyl (C=O) groups is 1. The first-order valence-electron chi connectivity index (χ1n) is 9.43. The lowest BCUT2D eigenvalue weighted by molar-refractivity contribution is -0.207. The van der Waals surface area contributed by atoms with Gasteiger partial charge in [-0.3, -0.25) is 0 Å². The topological polar surface area (TPSA) is 61.8 Å². The molecule has 1 saturated carbocycles. The number of urea groups is 1. The van der Waals surface area contributed by atoms with E-state index in [0.717, 1.165) is 25.7 Å². The van der Waals surface area contributed by atoms with E-state index in [9.17, 15) is 9.90 Å². The molecular formula is C20H30N2O3. The number of aliphatic hydroxyl groups is 1. The van der Waals surface area contributed by atoms with Gasteiger partial charge in [-0.2, -0.15) is 0 Å². The Kier molecular flexibility index (Phi) is 5.64. The smallest absolute Gasteiger partial charge is 0.317 e. The van der Waals surface area contributed by atoms with E-state index in [1.165, 1.54) is 11.1 Å². The second-order valence-corrected chi connectivity index (χ2v) is 7.38. The number of carbonyl (C=O) groups excluding carboxylic acids is 1. The number of likely N-dealkylation sites (tertiary alicyclic amines) is 1. The highest BCUT2D eigenvalue weighted by atomic mass is 16.5. The van der Waals surface area contributed by atoms with Crippen LogP contribution in [-0.2, 0) is 11.2 Å². The van der Waals surface area contributed by atoms with Crippen LogP contribution in [0, 0.1) is 12.3 Å². The second-order valence-electron chi connectivity index (χ2n) is 7.38. The summed E-state index contributed by atoms with van der Waals surface area (Å²) in [5.74, 6) is 0. The van der Waals surface area contributed by atoms with Crippen molar-refractivity contribution in [3.63, 3.8) is 0 Å². The number of rotatable bonds is 5. The van der Waals surface area contributed by atoms with Crippen LogP contribution in [-0.4, -0.2) is 54.5 Å². The number of hydrogen-bond acceptors (Lipinski definition) is 3. The molecule has 5 nitrogen and oxygen atoms in total. The van der Waals surface area contributed by atoms with Crippen molar-refractivity contribution >= 4 is 6.03 Å². The number of nitrogens with zero attached hydrogens (tertiary/aromatic N) is 1. The minimum Gasteiger partial charge on any atom is -0.392 e. The van der Waals surface area contributed by atoms with E-state index >= 15 is 0 Å². The van der Waals surface area contributed by atoms with Crippen molar-refractivity contribution in [2.45, 2.75) is 51.7 Å². The highest BCUT2D eigenvalue weighted by Gasteiger charge is 2.56. The average molecular weight is 346 g/mol. The molecule has 2 aliphatic rings. The highest BCUT2D eigenvalue weighted by Crippen LogP contribution is 2.50. The number of benzene rings is 1. The summed E-state index contributed by atoms with van der Waals surface area (Å²) in [5, 5.41) is 13.3. The Morgan fingerprint density at radius 2 is 2.00 bits per heavy atom. The number of piperidine rings is 1. The number of nitrogens with one attached hydrogen (secondary N) is 1. The van der Waals surface area contributed by atoms with Crippen molar-refractivity contribution < 1.29 is 14.6 Å². The van der Waals surface area contributed by atoms with Crippen molar-refractivity contribution in [3.8, 4) is 0 Å². The van der Waals surface area contributed by atoms with Gasteiger partial charge in [-0.1, -0.05) is 29.8 Å². The Morgan fingerprint density at radius 1 is 1.32 bits per heavy atom. The molecule has 2 fully saturated rings. The first-order valence-corrected chi connectivity index (χ1v) is 9.43. The van der Waals surface area contributed by atoms with Crippen molar-refractivity contribution in [3.05, 3.63) is 35.4 Å². The minimum atomic E-state index is -0.282. The van der Waals surface area contributed by atoms with Crippen molar-refractivity contribution in [2.75, 3.05) is 26.2 Å². The number of ether oxygens (including phenoxy) is 1. The molecule has 1 aromatic rings. The predicted molar refractivity (Wildman–Crippen MR) is 97.6 cm³/mol. The first kappa shape index (κ1) is 18.2. The summed E-state index contributed by atoms with van der Waals surface area (Å²) in [4.78, 5) is 14.2. The Labute approximate surface area is 150 Å². The fraction of sp³-hybridized carbons (Fsp3) is 0.650. The molecule has 5 heteroatoms. The van der Waals surface area contributed by atoms with Crippen LogP contribution in [0.2, 0.25) is 0 Å². The van der Waals surface area contributed by atoms with Gasteiger partial charge in [0.15, 0.2) is 0 Å². The third-order valence-electron chi connectivity index (χ3n) is 5.90. The van der Waals surface area contributed by atoms with E-state index in [2.05, 4.69) is 36.5 Å². The van der Waals surface area contributed by atoms with Crippen molar-refractivity contribution in [1.82, 2.24) is 10.2 Å². The lowest BCUT2D eigenvalue weighted by Gasteiger charge is -2.56. The molecule has 0 bridgehead atoms. The SMILES string of the molecule is CCOC1CC(O)C12CCN(C(=O)NCCc1ccc(C)cc1)CC2. The van der Waals surface area contributed by atoms with Crippen LogP contribution in [0.15, 0.2) is 24.3 Å². The zero-order chi connectivity index (χ0) is 17.9. The third-order valence-corrected chi connectivity index (χ3v) is 5.90. The Bertz CT molecular complexity index is 577. The Morgan fingerprint density at radius 3 is 2.60 bits per heavy atom. The highest BCUT2D eigenvalue weighted by molar-refractivity contribution is 5.74. The van der Waals surface area contributed by atoms with Gasteiger partial charge in [-0.15, -0.1) is 0 Å². The lowest BCUT2D eigenvalue weighted by Crippen LogP contribution is -2.63. The van der Waals surface area contributed by atoms with Gasteiger partial charge in [0.1, 0.15) is 0 Å². The van der Waals surface area contributed by atoms with E-state index in [0.29, 0.717) is 26.2 Å². The van der Waals surface area contributed by atoms with Crippen LogP contribution < -0.4 is 5.32 Å². The summed E-state index contributed by atoms with van der Waals surface area (Å²) < 4.78 is 5.78. The number of hydrogen-bond donors (Lipinski definition) is 2. The summed E-state index contributed by atoms with van der Waals surface area (Å²) in [6.45, 7) is 6.78. The average Bonchev–Trinajstić information content (AvgIpc) is 2.63. The molecule has 1 spiro atoms. The summed E-state index contributed by atoms with van der Waals surface area (Å²) in [7, 11) is 0. The summed E-state index contributed by atoms with van der Waals surface area (Å²) in [6.07, 6.45) is 3.09. The number of aliphatic hydroxyl groups excluding tert-OH is 1. The first-order chi connectivity index (χ1) is 12.0. The van der Waals surface area contributed by atoms with E-state index in [1.54, 1.807) is 0 Å². The zero-order valence-electron chi connectivity index (χ0n) is 15.3. The van der Waals surface area contributed by atoms with Crippen LogP contribution in [0.4, 0.5) is 4.79 Å². The molecule has 25 heavy (non-hydrogen) atoms. The molecule has 1 aromatic carbocycles. The van der Waals surface area contributed by atoms with Gasteiger partial charge in [0.25, 0.3) is 0 Å². The summed E-state index contributed by atoms with van der Waals surface area (Å²) in [5.41, 5.74) is 2.36. The maximum Gasteiger partial charge on any atom is 0.317 e. The molecular weight excluding hydrogens is 316 g/mol. The van der Waals surface area contributed by atoms with Gasteiger partial charge in [-0.05, 0) is 38.7 Å². The van der Waals surface area contributed by atoms with Gasteiger partial charge >= 0.3 is 6.03 Å². The number of amides is 2. The molecule has 2 N–H and O–H groups in total. The fourth-order valence-corrected chi connectivity index (χ4v) is 4.12. The standard InChI is InChI=1S/C20H30N2O3/c1-3-25-18-14-17(23)20(18)9-12-22(13-10-20)19(24)21-11-8-16-6-4-15(2)5-7-16/h4-7,17-18,23H,3,8-14H2,1-2H3,(H,21,24). The monoisotopic (exact) mass is 346 g/mol. The molecule has 1 saturated heterocycles. The van der Waals surface area contributed by atoms with Crippen LogP contribution in [0.25, 0.3) is 0 Å². The molecule has 0 radical (unpaired) electrons. The Hall–Kier alpha value is -1.59. The molecule has 0 aromatic heterocycles. The third kappa shape index (κ3) is 3.82. The van der Waals surface area contributed by atoms with E-state index in [4.69, 9.17) is 4.74 Å². The number of aryl methyl sites for hydroxylation is 1. The molecule has 1 aliphatic heterocycles. The van der Waals surface area contributed by atoms with Crippen molar-refractivity contribution in [1.29, 1.82) is 0 Å². The van der Waals surface area contributed by atoms with E-state index in [1.807, 2.05) is 11.8 Å². The van der Waals surface area contributed by atoms with E-state index < -0.39 is 0 Å². The van der Waals surface area contributed by atoms with E-state index in [-0.39, 0.29) is 23.7 Å². The molecule has 2 amide bonds.